The quantitative estimate of drug-likeness (QED) is 0.454. The van der Waals surface area contributed by atoms with Gasteiger partial charge in [0.1, 0.15) is 17.4 Å². The second-order valence-corrected chi connectivity index (χ2v) is 9.39. The van der Waals surface area contributed by atoms with Gasteiger partial charge in [-0.1, -0.05) is 42.5 Å². The molecule has 188 valence electrons. The lowest BCUT2D eigenvalue weighted by Crippen LogP contribution is -2.39. The van der Waals surface area contributed by atoms with Crippen molar-refractivity contribution in [2.75, 3.05) is 12.4 Å². The molecule has 3 aromatic rings. The molecule has 1 aliphatic heterocycles. The number of nitrogens with one attached hydrogen (secondary N) is 1. The Kier molecular flexibility index (Phi) is 6.70. The van der Waals surface area contributed by atoms with Crippen LogP contribution in [0.5, 0.6) is 5.75 Å². The molecular weight excluding hydrogens is 474 g/mol. The lowest BCUT2D eigenvalue weighted by molar-refractivity contribution is -0.119. The van der Waals surface area contributed by atoms with Crippen LogP contribution in [0.2, 0.25) is 0 Å². The van der Waals surface area contributed by atoms with E-state index in [9.17, 15) is 18.4 Å². The average Bonchev–Trinajstić information content (AvgIpc) is 2.90. The van der Waals surface area contributed by atoms with Crippen LogP contribution in [-0.4, -0.2) is 24.5 Å². The van der Waals surface area contributed by atoms with E-state index in [1.807, 2.05) is 42.5 Å². The second-order valence-electron chi connectivity index (χ2n) is 9.39. The fourth-order valence-corrected chi connectivity index (χ4v) is 5.33. The molecule has 0 spiro atoms. The summed E-state index contributed by atoms with van der Waals surface area (Å²) < 4.78 is 33.0. The maximum atomic E-state index is 14.4. The second kappa shape index (κ2) is 10.1. The number of aliphatic imine (C=N–C) groups is 1. The van der Waals surface area contributed by atoms with Crippen molar-refractivity contribution >= 4 is 23.1 Å². The number of halogens is 2. The van der Waals surface area contributed by atoms with Gasteiger partial charge in [0, 0.05) is 35.4 Å². The van der Waals surface area contributed by atoms with E-state index in [1.54, 1.807) is 26.2 Å². The van der Waals surface area contributed by atoms with Crippen LogP contribution in [0.15, 0.2) is 89.1 Å². The molecule has 5 rings (SSSR count). The Balaban J connectivity index is 1.56. The van der Waals surface area contributed by atoms with E-state index in [0.717, 1.165) is 17.2 Å². The van der Waals surface area contributed by atoms with E-state index in [1.165, 1.54) is 6.07 Å². The minimum absolute atomic E-state index is 0.000736. The summed E-state index contributed by atoms with van der Waals surface area (Å²) in [6.45, 7) is 1.75. The van der Waals surface area contributed by atoms with Gasteiger partial charge in [0.25, 0.3) is 0 Å². The van der Waals surface area contributed by atoms with Crippen LogP contribution in [0, 0.1) is 17.6 Å². The number of benzene rings is 3. The Labute approximate surface area is 213 Å². The Morgan fingerprint density at radius 2 is 1.70 bits per heavy atom. The lowest BCUT2D eigenvalue weighted by Gasteiger charge is -2.37. The fourth-order valence-electron chi connectivity index (χ4n) is 5.33. The number of amides is 1. The van der Waals surface area contributed by atoms with Gasteiger partial charge in [0.05, 0.1) is 18.7 Å². The summed E-state index contributed by atoms with van der Waals surface area (Å²) in [7, 11) is 1.56. The van der Waals surface area contributed by atoms with Crippen molar-refractivity contribution in [2.24, 2.45) is 10.9 Å². The molecular formula is C30H26F2N2O3. The van der Waals surface area contributed by atoms with Crippen molar-refractivity contribution in [1.82, 2.24) is 0 Å². The zero-order chi connectivity index (χ0) is 26.1. The molecule has 1 aliphatic carbocycles. The van der Waals surface area contributed by atoms with Crippen molar-refractivity contribution in [3.63, 3.8) is 0 Å². The number of ether oxygens (including phenoxy) is 1. The van der Waals surface area contributed by atoms with E-state index < -0.39 is 29.4 Å². The van der Waals surface area contributed by atoms with Gasteiger partial charge in [-0.2, -0.15) is 0 Å². The predicted molar refractivity (Wildman–Crippen MR) is 138 cm³/mol. The molecule has 0 radical (unpaired) electrons. The first kappa shape index (κ1) is 24.6. The van der Waals surface area contributed by atoms with Crippen molar-refractivity contribution < 1.29 is 23.1 Å². The van der Waals surface area contributed by atoms with Gasteiger partial charge < -0.3 is 10.1 Å². The largest absolute Gasteiger partial charge is 0.497 e. The van der Waals surface area contributed by atoms with E-state index in [4.69, 9.17) is 9.73 Å². The molecule has 3 aromatic carbocycles. The predicted octanol–water partition coefficient (Wildman–Crippen LogP) is 6.19. The Morgan fingerprint density at radius 3 is 2.38 bits per heavy atom. The van der Waals surface area contributed by atoms with Crippen molar-refractivity contribution in [3.8, 4) is 5.75 Å². The highest BCUT2D eigenvalue weighted by atomic mass is 19.1. The molecule has 0 bridgehead atoms. The van der Waals surface area contributed by atoms with Crippen LogP contribution in [0.4, 0.5) is 14.5 Å². The number of carbonyl (C=O) groups is 2. The van der Waals surface area contributed by atoms with E-state index >= 15 is 0 Å². The SMILES string of the molecule is COc1ccc([C@@H]2C3=C(C[C@H](c4ccccc4)CC3=O)N=C(C)C2C(=O)Nc2ccc(F)cc2F)cc1. The van der Waals surface area contributed by atoms with Gasteiger partial charge in [0.15, 0.2) is 5.78 Å². The molecule has 0 saturated heterocycles. The average molecular weight is 501 g/mol. The molecule has 37 heavy (non-hydrogen) atoms. The third-order valence-electron chi connectivity index (χ3n) is 7.11. The Morgan fingerprint density at radius 1 is 0.973 bits per heavy atom. The molecule has 1 N–H and O–H groups in total. The number of Topliss-reactive ketones (excluding diaryl/α,β-unsaturated/α-hetero) is 1. The highest BCUT2D eigenvalue weighted by molar-refractivity contribution is 6.13. The summed E-state index contributed by atoms with van der Waals surface area (Å²) in [5.41, 5.74) is 3.42. The molecule has 1 unspecified atom stereocenters. The van der Waals surface area contributed by atoms with Crippen LogP contribution in [-0.2, 0) is 9.59 Å². The normalized spacial score (nSPS) is 21.2. The van der Waals surface area contributed by atoms with Crippen molar-refractivity contribution in [1.29, 1.82) is 0 Å². The minimum Gasteiger partial charge on any atom is -0.497 e. The number of ketones is 1. The van der Waals surface area contributed by atoms with Crippen molar-refractivity contribution in [2.45, 2.75) is 31.6 Å². The van der Waals surface area contributed by atoms with Crippen LogP contribution in [0.1, 0.15) is 42.7 Å². The van der Waals surface area contributed by atoms with E-state index in [0.29, 0.717) is 41.6 Å². The van der Waals surface area contributed by atoms with Crippen LogP contribution < -0.4 is 10.1 Å². The molecule has 2 aliphatic rings. The standard InChI is InChI=1S/C30H26F2N2O3/c1-17-27(30(36)34-24-13-10-21(31)16-23(24)32)28(19-8-11-22(37-2)12-9-19)29-25(33-17)14-20(15-26(29)35)18-6-4-3-5-7-18/h3-13,16,20,27-28H,14-15H2,1-2H3,(H,34,36)/t20-,27?,28-/m0/s1. The molecule has 3 atom stereocenters. The molecule has 0 fully saturated rings. The molecule has 1 amide bonds. The first-order valence-electron chi connectivity index (χ1n) is 12.1. The zero-order valence-electron chi connectivity index (χ0n) is 20.5. The first-order chi connectivity index (χ1) is 17.9. The molecule has 0 aromatic heterocycles. The maximum absolute atomic E-state index is 14.4. The number of hydrogen-bond acceptors (Lipinski definition) is 4. The van der Waals surface area contributed by atoms with Crippen molar-refractivity contribution in [3.05, 3.63) is 107 Å². The smallest absolute Gasteiger partial charge is 0.234 e. The summed E-state index contributed by atoms with van der Waals surface area (Å²) in [6, 6.07) is 20.1. The highest BCUT2D eigenvalue weighted by Gasteiger charge is 2.44. The number of rotatable bonds is 5. The first-order valence-corrected chi connectivity index (χ1v) is 12.1. The summed E-state index contributed by atoms with van der Waals surface area (Å²) >= 11 is 0. The van der Waals surface area contributed by atoms with Crippen LogP contribution in [0.25, 0.3) is 0 Å². The van der Waals surface area contributed by atoms with Crippen LogP contribution in [0.3, 0.4) is 0 Å². The van der Waals surface area contributed by atoms with Gasteiger partial charge in [-0.25, -0.2) is 8.78 Å². The Bertz CT molecular complexity index is 1410. The number of carbonyl (C=O) groups excluding carboxylic acids is 2. The van der Waals surface area contributed by atoms with E-state index in [2.05, 4.69) is 5.32 Å². The fraction of sp³-hybridized carbons (Fsp3) is 0.233. The van der Waals surface area contributed by atoms with Gasteiger partial charge >= 0.3 is 0 Å². The third-order valence-corrected chi connectivity index (χ3v) is 7.11. The maximum Gasteiger partial charge on any atom is 0.234 e. The number of hydrogen-bond donors (Lipinski definition) is 1. The molecule has 0 saturated carbocycles. The summed E-state index contributed by atoms with van der Waals surface area (Å²) in [4.78, 5) is 32.0. The molecule has 1 heterocycles. The molecule has 5 nitrogen and oxygen atoms in total. The highest BCUT2D eigenvalue weighted by Crippen LogP contribution is 2.47. The number of nitrogens with zero attached hydrogens (tertiary/aromatic N) is 1. The zero-order valence-corrected chi connectivity index (χ0v) is 20.5. The lowest BCUT2D eigenvalue weighted by atomic mass is 9.69. The van der Waals surface area contributed by atoms with Gasteiger partial charge in [-0.05, 0) is 54.7 Å². The summed E-state index contributed by atoms with van der Waals surface area (Å²) in [5, 5.41) is 2.58. The van der Waals surface area contributed by atoms with Gasteiger partial charge in [-0.15, -0.1) is 0 Å². The number of allylic oxidation sites excluding steroid dienone is 2. The number of anilines is 1. The summed E-state index contributed by atoms with van der Waals surface area (Å²) in [5.74, 6) is -3.00. The van der Waals surface area contributed by atoms with Crippen LogP contribution >= 0.6 is 0 Å². The monoisotopic (exact) mass is 500 g/mol. The molecule has 7 heteroatoms. The summed E-state index contributed by atoms with van der Waals surface area (Å²) in [6.07, 6.45) is 0.890. The van der Waals surface area contributed by atoms with Gasteiger partial charge in [-0.3, -0.25) is 14.6 Å². The third kappa shape index (κ3) is 4.81. The Hall–Kier alpha value is -4.13. The van der Waals surface area contributed by atoms with E-state index in [-0.39, 0.29) is 17.4 Å². The van der Waals surface area contributed by atoms with Gasteiger partial charge in [0.2, 0.25) is 5.91 Å². The topological polar surface area (TPSA) is 67.8 Å². The number of methoxy groups -OCH3 is 1. The minimum atomic E-state index is -0.876.